The third kappa shape index (κ3) is 4.22. The Balaban J connectivity index is 1.82. The van der Waals surface area contributed by atoms with Crippen LogP contribution >= 0.6 is 11.3 Å². The molecule has 1 aliphatic heterocycles. The number of hydrogen-bond acceptors (Lipinski definition) is 4. The summed E-state index contributed by atoms with van der Waals surface area (Å²) in [6.07, 6.45) is 0.430. The highest BCUT2D eigenvalue weighted by Crippen LogP contribution is 2.28. The number of rotatable bonds is 5. The molecule has 0 radical (unpaired) electrons. The molecule has 0 aliphatic carbocycles. The van der Waals surface area contributed by atoms with Crippen LogP contribution in [0.5, 0.6) is 0 Å². The fraction of sp³-hybridized carbons (Fsp3) is 0.429. The third-order valence-corrected chi connectivity index (χ3v) is 5.80. The first kappa shape index (κ1) is 19.6. The fourth-order valence-corrected chi connectivity index (χ4v) is 4.18. The first-order valence-electron chi connectivity index (χ1n) is 9.23. The number of likely N-dealkylation sites (N-methyl/N-ethyl adjacent to an activating group) is 1. The molecule has 0 spiro atoms. The van der Waals surface area contributed by atoms with E-state index in [0.29, 0.717) is 19.6 Å². The molecule has 2 aromatic rings. The van der Waals surface area contributed by atoms with Crippen LogP contribution in [0.4, 0.5) is 0 Å². The van der Waals surface area contributed by atoms with Crippen LogP contribution in [0, 0.1) is 5.92 Å². The van der Waals surface area contributed by atoms with E-state index in [4.69, 9.17) is 4.74 Å². The van der Waals surface area contributed by atoms with E-state index in [2.05, 4.69) is 28.9 Å². The lowest BCUT2D eigenvalue weighted by molar-refractivity contribution is -0.167. The van der Waals surface area contributed by atoms with E-state index in [0.717, 1.165) is 11.1 Å². The van der Waals surface area contributed by atoms with Crippen molar-refractivity contribution in [2.75, 3.05) is 26.7 Å². The summed E-state index contributed by atoms with van der Waals surface area (Å²) < 4.78 is 5.98. The first-order chi connectivity index (χ1) is 12.9. The standard InChI is InChI=1S/C21H26N2O3S/c1-15(2)19(24)23-10-11-26-21(14-23,20(25)22-3)13-16-6-8-17(9-7-16)18-5-4-12-27-18/h4-9,12,15H,10-11,13-14H2,1-3H3,(H,22,25)/t21-/m0/s1. The van der Waals surface area contributed by atoms with Crippen molar-refractivity contribution >= 4 is 23.2 Å². The maximum absolute atomic E-state index is 12.7. The molecule has 1 aromatic heterocycles. The van der Waals surface area contributed by atoms with Crippen molar-refractivity contribution < 1.29 is 14.3 Å². The molecular weight excluding hydrogens is 360 g/mol. The third-order valence-electron chi connectivity index (χ3n) is 4.88. The minimum atomic E-state index is -1.05. The molecule has 0 bridgehead atoms. The lowest BCUT2D eigenvalue weighted by Crippen LogP contribution is -2.62. The van der Waals surface area contributed by atoms with Gasteiger partial charge in [0.1, 0.15) is 0 Å². The van der Waals surface area contributed by atoms with Gasteiger partial charge in [-0.1, -0.05) is 44.2 Å². The Morgan fingerprint density at radius 2 is 2.00 bits per heavy atom. The molecule has 27 heavy (non-hydrogen) atoms. The van der Waals surface area contributed by atoms with Gasteiger partial charge >= 0.3 is 0 Å². The summed E-state index contributed by atoms with van der Waals surface area (Å²) in [6.45, 7) is 4.91. The van der Waals surface area contributed by atoms with Gasteiger partial charge in [-0.05, 0) is 22.6 Å². The van der Waals surface area contributed by atoms with Crippen LogP contribution < -0.4 is 5.32 Å². The zero-order valence-electron chi connectivity index (χ0n) is 16.0. The predicted octanol–water partition coefficient (Wildman–Crippen LogP) is 2.96. The zero-order valence-corrected chi connectivity index (χ0v) is 16.8. The van der Waals surface area contributed by atoms with Crippen molar-refractivity contribution in [3.05, 3.63) is 47.3 Å². The highest BCUT2D eigenvalue weighted by molar-refractivity contribution is 7.13. The van der Waals surface area contributed by atoms with Crippen LogP contribution in [0.15, 0.2) is 41.8 Å². The van der Waals surface area contributed by atoms with Gasteiger partial charge in [0.05, 0.1) is 13.2 Å². The Labute approximate surface area is 164 Å². The topological polar surface area (TPSA) is 58.6 Å². The Morgan fingerprint density at radius 3 is 2.59 bits per heavy atom. The number of morpholine rings is 1. The summed E-state index contributed by atoms with van der Waals surface area (Å²) >= 11 is 1.70. The van der Waals surface area contributed by atoms with Gasteiger partial charge in [0.25, 0.3) is 5.91 Å². The molecule has 144 valence electrons. The summed E-state index contributed by atoms with van der Waals surface area (Å²) in [5.41, 5.74) is 1.11. The van der Waals surface area contributed by atoms with Crippen LogP contribution in [0.25, 0.3) is 10.4 Å². The van der Waals surface area contributed by atoms with E-state index in [1.165, 1.54) is 4.88 Å². The van der Waals surface area contributed by atoms with Gasteiger partial charge in [-0.2, -0.15) is 0 Å². The van der Waals surface area contributed by atoms with Gasteiger partial charge in [-0.15, -0.1) is 11.3 Å². The molecule has 1 aromatic carbocycles. The number of hydrogen-bond donors (Lipinski definition) is 1. The quantitative estimate of drug-likeness (QED) is 0.860. The van der Waals surface area contributed by atoms with E-state index in [1.54, 1.807) is 23.3 Å². The molecule has 2 amide bonds. The van der Waals surface area contributed by atoms with Crippen molar-refractivity contribution in [1.82, 2.24) is 10.2 Å². The minimum absolute atomic E-state index is 0.0552. The van der Waals surface area contributed by atoms with E-state index >= 15 is 0 Å². The van der Waals surface area contributed by atoms with E-state index in [-0.39, 0.29) is 24.3 Å². The van der Waals surface area contributed by atoms with Gasteiger partial charge in [-0.25, -0.2) is 0 Å². The molecule has 3 rings (SSSR count). The molecule has 5 nitrogen and oxygen atoms in total. The molecule has 6 heteroatoms. The Hall–Kier alpha value is -2.18. The van der Waals surface area contributed by atoms with Crippen molar-refractivity contribution in [3.8, 4) is 10.4 Å². The lowest BCUT2D eigenvalue weighted by Gasteiger charge is -2.42. The maximum Gasteiger partial charge on any atom is 0.254 e. The van der Waals surface area contributed by atoms with Gasteiger partial charge < -0.3 is 15.0 Å². The van der Waals surface area contributed by atoms with Crippen LogP contribution in [0.3, 0.4) is 0 Å². The van der Waals surface area contributed by atoms with Crippen LogP contribution in [-0.4, -0.2) is 49.1 Å². The van der Waals surface area contributed by atoms with Gasteiger partial charge in [-0.3, -0.25) is 9.59 Å². The number of carbonyl (C=O) groups excluding carboxylic acids is 2. The van der Waals surface area contributed by atoms with Crippen molar-refractivity contribution in [2.24, 2.45) is 5.92 Å². The molecular formula is C21H26N2O3S. The summed E-state index contributed by atoms with van der Waals surface area (Å²) in [5.74, 6) is -0.235. The van der Waals surface area contributed by atoms with Gasteiger partial charge in [0.15, 0.2) is 5.60 Å². The zero-order chi connectivity index (χ0) is 19.4. The number of ether oxygens (including phenoxy) is 1. The van der Waals surface area contributed by atoms with Gasteiger partial charge in [0.2, 0.25) is 5.91 Å². The Morgan fingerprint density at radius 1 is 1.26 bits per heavy atom. The molecule has 1 atom stereocenters. The smallest absolute Gasteiger partial charge is 0.254 e. The van der Waals surface area contributed by atoms with Crippen molar-refractivity contribution in [1.29, 1.82) is 0 Å². The Bertz CT molecular complexity index is 786. The van der Waals surface area contributed by atoms with Crippen LogP contribution in [0.1, 0.15) is 19.4 Å². The van der Waals surface area contributed by atoms with E-state index in [9.17, 15) is 9.59 Å². The summed E-state index contributed by atoms with van der Waals surface area (Å²) in [5, 5.41) is 4.77. The monoisotopic (exact) mass is 386 g/mol. The average Bonchev–Trinajstić information content (AvgIpc) is 3.22. The largest absolute Gasteiger partial charge is 0.361 e. The average molecular weight is 387 g/mol. The molecule has 1 saturated heterocycles. The van der Waals surface area contributed by atoms with E-state index < -0.39 is 5.60 Å². The maximum atomic E-state index is 12.7. The molecule has 0 saturated carbocycles. The highest BCUT2D eigenvalue weighted by Gasteiger charge is 2.44. The molecule has 1 aliphatic rings. The number of amides is 2. The lowest BCUT2D eigenvalue weighted by atomic mass is 9.90. The summed E-state index contributed by atoms with van der Waals surface area (Å²) in [6, 6.07) is 12.3. The summed E-state index contributed by atoms with van der Waals surface area (Å²) in [4.78, 5) is 28.1. The van der Waals surface area contributed by atoms with Crippen molar-refractivity contribution in [2.45, 2.75) is 25.9 Å². The molecule has 2 heterocycles. The number of carbonyl (C=O) groups is 2. The highest BCUT2D eigenvalue weighted by atomic mass is 32.1. The number of nitrogens with one attached hydrogen (secondary N) is 1. The van der Waals surface area contributed by atoms with E-state index in [1.807, 2.05) is 32.0 Å². The first-order valence-corrected chi connectivity index (χ1v) is 10.1. The molecule has 1 fully saturated rings. The number of thiophene rings is 1. The predicted molar refractivity (Wildman–Crippen MR) is 108 cm³/mol. The fourth-order valence-electron chi connectivity index (χ4n) is 3.45. The normalized spacial score (nSPS) is 19.9. The second-order valence-corrected chi connectivity index (χ2v) is 8.14. The van der Waals surface area contributed by atoms with Gasteiger partial charge in [0, 0.05) is 30.8 Å². The number of nitrogens with zero attached hydrogens (tertiary/aromatic N) is 1. The molecule has 0 unspecified atom stereocenters. The minimum Gasteiger partial charge on any atom is -0.361 e. The van der Waals surface area contributed by atoms with Crippen LogP contribution in [-0.2, 0) is 20.7 Å². The summed E-state index contributed by atoms with van der Waals surface area (Å²) in [7, 11) is 1.61. The Kier molecular flexibility index (Phi) is 5.97. The number of benzene rings is 1. The van der Waals surface area contributed by atoms with Crippen LogP contribution in [0.2, 0.25) is 0 Å². The second kappa shape index (κ2) is 8.23. The molecule has 1 N–H and O–H groups in total. The van der Waals surface area contributed by atoms with Crippen molar-refractivity contribution in [3.63, 3.8) is 0 Å². The second-order valence-electron chi connectivity index (χ2n) is 7.19. The SMILES string of the molecule is CNC(=O)[C@]1(Cc2ccc(-c3cccs3)cc2)CN(C(=O)C(C)C)CCO1.